The van der Waals surface area contributed by atoms with E-state index >= 15 is 0 Å². The number of nitrogens with one attached hydrogen (secondary N) is 2. The largest absolute Gasteiger partial charge is 0.335 e. The van der Waals surface area contributed by atoms with Crippen LogP contribution in [-0.4, -0.2) is 23.7 Å². The van der Waals surface area contributed by atoms with E-state index in [1.54, 1.807) is 18.2 Å². The van der Waals surface area contributed by atoms with Gasteiger partial charge < -0.3 is 5.32 Å². The average molecular weight is 335 g/mol. The molecule has 0 spiro atoms. The standard InChI is InChI=1S/C13H16Cl2N2O2S/c1-3-8(2)16-13(19)17-11(18)7-20-12-9(14)5-4-6-10(12)15/h4-6,8H,3,7H2,1-2H3,(H2,16,17,18,19)/t8-/m1/s1. The SMILES string of the molecule is CC[C@@H](C)NC(=O)NC(=O)CSc1c(Cl)cccc1Cl. The van der Waals surface area contributed by atoms with Crippen molar-refractivity contribution in [3.63, 3.8) is 0 Å². The first kappa shape index (κ1) is 17.1. The number of thioether (sulfide) groups is 1. The van der Waals surface area contributed by atoms with E-state index in [4.69, 9.17) is 23.2 Å². The molecule has 0 aliphatic heterocycles. The highest BCUT2D eigenvalue weighted by atomic mass is 35.5. The molecule has 7 heteroatoms. The summed E-state index contributed by atoms with van der Waals surface area (Å²) in [5.41, 5.74) is 0. The summed E-state index contributed by atoms with van der Waals surface area (Å²) in [6.45, 7) is 3.81. The lowest BCUT2D eigenvalue weighted by atomic mass is 10.3. The summed E-state index contributed by atoms with van der Waals surface area (Å²) >= 11 is 13.2. The molecule has 1 atom stereocenters. The van der Waals surface area contributed by atoms with Crippen molar-refractivity contribution in [1.29, 1.82) is 0 Å². The van der Waals surface area contributed by atoms with E-state index < -0.39 is 11.9 Å². The van der Waals surface area contributed by atoms with Crippen molar-refractivity contribution >= 4 is 46.9 Å². The van der Waals surface area contributed by atoms with Crippen LogP contribution in [0.1, 0.15) is 20.3 Å². The first-order valence-corrected chi connectivity index (χ1v) is 7.85. The maximum absolute atomic E-state index is 11.6. The first-order chi connectivity index (χ1) is 9.43. The van der Waals surface area contributed by atoms with E-state index in [1.807, 2.05) is 13.8 Å². The van der Waals surface area contributed by atoms with Gasteiger partial charge >= 0.3 is 6.03 Å². The van der Waals surface area contributed by atoms with Gasteiger partial charge in [-0.15, -0.1) is 11.8 Å². The second kappa shape index (κ2) is 8.39. The van der Waals surface area contributed by atoms with E-state index in [9.17, 15) is 9.59 Å². The van der Waals surface area contributed by atoms with Gasteiger partial charge in [-0.2, -0.15) is 0 Å². The Kier molecular flexibility index (Phi) is 7.19. The van der Waals surface area contributed by atoms with Gasteiger partial charge in [-0.25, -0.2) is 4.79 Å². The molecule has 0 aliphatic rings. The van der Waals surface area contributed by atoms with Gasteiger partial charge in [-0.05, 0) is 25.5 Å². The molecule has 0 fully saturated rings. The van der Waals surface area contributed by atoms with Crippen LogP contribution in [0.3, 0.4) is 0 Å². The maximum atomic E-state index is 11.6. The normalized spacial score (nSPS) is 11.8. The Morgan fingerprint density at radius 1 is 1.30 bits per heavy atom. The third-order valence-corrected chi connectivity index (χ3v) is 4.50. The van der Waals surface area contributed by atoms with Crippen LogP contribution in [0.4, 0.5) is 4.79 Å². The second-order valence-electron chi connectivity index (χ2n) is 4.17. The van der Waals surface area contributed by atoms with Crippen molar-refractivity contribution in [1.82, 2.24) is 10.6 Å². The molecule has 1 rings (SSSR count). The zero-order chi connectivity index (χ0) is 15.1. The van der Waals surface area contributed by atoms with Crippen LogP contribution >= 0.6 is 35.0 Å². The van der Waals surface area contributed by atoms with Gasteiger partial charge in [0.05, 0.1) is 15.8 Å². The molecule has 0 aromatic heterocycles. The molecule has 20 heavy (non-hydrogen) atoms. The van der Waals surface area contributed by atoms with Crippen molar-refractivity contribution in [2.75, 3.05) is 5.75 Å². The van der Waals surface area contributed by atoms with Crippen molar-refractivity contribution in [2.24, 2.45) is 0 Å². The summed E-state index contributed by atoms with van der Waals surface area (Å²) in [7, 11) is 0. The van der Waals surface area contributed by atoms with Crippen LogP contribution in [0, 0.1) is 0 Å². The summed E-state index contributed by atoms with van der Waals surface area (Å²) < 4.78 is 0. The number of urea groups is 1. The van der Waals surface area contributed by atoms with Gasteiger partial charge in [-0.1, -0.05) is 36.2 Å². The Balaban J connectivity index is 2.46. The number of hydrogen-bond acceptors (Lipinski definition) is 3. The maximum Gasteiger partial charge on any atom is 0.321 e. The number of hydrogen-bond donors (Lipinski definition) is 2. The highest BCUT2D eigenvalue weighted by Crippen LogP contribution is 2.33. The number of rotatable bonds is 5. The fraction of sp³-hybridized carbons (Fsp3) is 0.385. The quantitative estimate of drug-likeness (QED) is 0.807. The molecule has 0 aliphatic carbocycles. The molecule has 3 amide bonds. The molecule has 110 valence electrons. The van der Waals surface area contributed by atoms with Gasteiger partial charge in [-0.3, -0.25) is 10.1 Å². The minimum absolute atomic E-state index is 0.0217. The van der Waals surface area contributed by atoms with Gasteiger partial charge in [0.25, 0.3) is 0 Å². The molecular formula is C13H16Cl2N2O2S. The molecule has 4 nitrogen and oxygen atoms in total. The monoisotopic (exact) mass is 334 g/mol. The highest BCUT2D eigenvalue weighted by Gasteiger charge is 2.12. The number of carbonyl (C=O) groups is 2. The van der Waals surface area contributed by atoms with Crippen molar-refractivity contribution in [3.8, 4) is 0 Å². The molecule has 0 saturated heterocycles. The summed E-state index contributed by atoms with van der Waals surface area (Å²) in [6, 6.07) is 4.66. The van der Waals surface area contributed by atoms with E-state index in [2.05, 4.69) is 10.6 Å². The van der Waals surface area contributed by atoms with Crippen molar-refractivity contribution < 1.29 is 9.59 Å². The Hall–Kier alpha value is -0.910. The predicted molar refractivity (Wildman–Crippen MR) is 83.6 cm³/mol. The highest BCUT2D eigenvalue weighted by molar-refractivity contribution is 8.00. The molecular weight excluding hydrogens is 319 g/mol. The Morgan fingerprint density at radius 3 is 2.45 bits per heavy atom. The van der Waals surface area contributed by atoms with E-state index in [-0.39, 0.29) is 11.8 Å². The molecule has 0 saturated carbocycles. The van der Waals surface area contributed by atoms with E-state index in [0.717, 1.165) is 6.42 Å². The van der Waals surface area contributed by atoms with Gasteiger partial charge in [0.2, 0.25) is 5.91 Å². The van der Waals surface area contributed by atoms with Crippen LogP contribution in [0.5, 0.6) is 0 Å². The smallest absolute Gasteiger partial charge is 0.321 e. The van der Waals surface area contributed by atoms with Crippen LogP contribution in [0.2, 0.25) is 10.0 Å². The average Bonchev–Trinajstić information content (AvgIpc) is 2.37. The van der Waals surface area contributed by atoms with E-state index in [0.29, 0.717) is 14.9 Å². The summed E-state index contributed by atoms with van der Waals surface area (Å²) in [5.74, 6) is -0.330. The molecule has 0 radical (unpaired) electrons. The van der Waals surface area contributed by atoms with Crippen molar-refractivity contribution in [2.45, 2.75) is 31.2 Å². The summed E-state index contributed by atoms with van der Waals surface area (Å²) in [4.78, 5) is 23.7. The van der Waals surface area contributed by atoms with Crippen LogP contribution in [-0.2, 0) is 4.79 Å². The number of amides is 3. The van der Waals surface area contributed by atoms with Gasteiger partial charge in [0.1, 0.15) is 0 Å². The minimum atomic E-state index is -0.491. The fourth-order valence-electron chi connectivity index (χ4n) is 1.28. The molecule has 1 aromatic carbocycles. The number of imide groups is 1. The second-order valence-corrected chi connectivity index (χ2v) is 5.97. The Labute approximate surface area is 132 Å². The van der Waals surface area contributed by atoms with Crippen LogP contribution in [0.15, 0.2) is 23.1 Å². The minimum Gasteiger partial charge on any atom is -0.335 e. The number of halogens is 2. The summed E-state index contributed by atoms with van der Waals surface area (Å²) in [6.07, 6.45) is 0.797. The third-order valence-electron chi connectivity index (χ3n) is 2.51. The summed E-state index contributed by atoms with van der Waals surface area (Å²) in [5, 5.41) is 5.88. The topological polar surface area (TPSA) is 58.2 Å². The van der Waals surface area contributed by atoms with Crippen LogP contribution < -0.4 is 10.6 Å². The van der Waals surface area contributed by atoms with Crippen molar-refractivity contribution in [3.05, 3.63) is 28.2 Å². The lowest BCUT2D eigenvalue weighted by Gasteiger charge is -2.12. The predicted octanol–water partition coefficient (Wildman–Crippen LogP) is 3.71. The number of benzene rings is 1. The third kappa shape index (κ3) is 5.61. The van der Waals surface area contributed by atoms with Crippen LogP contribution in [0.25, 0.3) is 0 Å². The molecule has 1 aromatic rings. The van der Waals surface area contributed by atoms with E-state index in [1.165, 1.54) is 11.8 Å². The zero-order valence-corrected chi connectivity index (χ0v) is 13.5. The lowest BCUT2D eigenvalue weighted by molar-refractivity contribution is -0.117. The number of carbonyl (C=O) groups excluding carboxylic acids is 2. The Bertz CT molecular complexity index is 477. The zero-order valence-electron chi connectivity index (χ0n) is 11.2. The fourth-order valence-corrected chi connectivity index (χ4v) is 2.77. The Morgan fingerprint density at radius 2 is 1.90 bits per heavy atom. The molecule has 0 unspecified atom stereocenters. The lowest BCUT2D eigenvalue weighted by Crippen LogP contribution is -2.43. The molecule has 0 bridgehead atoms. The van der Waals surface area contributed by atoms with Gasteiger partial charge in [0, 0.05) is 10.9 Å². The molecule has 0 heterocycles. The molecule has 2 N–H and O–H groups in total. The first-order valence-electron chi connectivity index (χ1n) is 6.11. The van der Waals surface area contributed by atoms with Gasteiger partial charge in [0.15, 0.2) is 0 Å².